The first-order valence-electron chi connectivity index (χ1n) is 2.70. The molecule has 9 heavy (non-hydrogen) atoms. The zero-order valence-corrected chi connectivity index (χ0v) is 6.61. The fourth-order valence-electron chi connectivity index (χ4n) is 0.392. The van der Waals surface area contributed by atoms with E-state index < -0.39 is 0 Å². The SMILES string of the molecule is C=C/C=C(\N=CC)SC. The largest absolute Gasteiger partial charge is 0.255 e. The van der Waals surface area contributed by atoms with E-state index in [0.29, 0.717) is 0 Å². The van der Waals surface area contributed by atoms with Crippen molar-refractivity contribution >= 4 is 18.0 Å². The van der Waals surface area contributed by atoms with Gasteiger partial charge in [0.2, 0.25) is 0 Å². The summed E-state index contributed by atoms with van der Waals surface area (Å²) in [5, 5.41) is 0.993. The number of aliphatic imine (C=N–C) groups is 1. The summed E-state index contributed by atoms with van der Waals surface area (Å²) in [4.78, 5) is 4.06. The fourth-order valence-corrected chi connectivity index (χ4v) is 0.835. The molecule has 0 spiro atoms. The normalized spacial score (nSPS) is 12.4. The molecule has 1 nitrogen and oxygen atoms in total. The molecule has 0 aliphatic rings. The zero-order chi connectivity index (χ0) is 7.11. The molecule has 0 aromatic carbocycles. The van der Waals surface area contributed by atoms with Crippen LogP contribution in [0.1, 0.15) is 6.92 Å². The third kappa shape index (κ3) is 4.03. The second-order valence-electron chi connectivity index (χ2n) is 1.33. The Labute approximate surface area is 60.6 Å². The number of hydrogen-bond donors (Lipinski definition) is 0. The van der Waals surface area contributed by atoms with Crippen LogP contribution in [-0.2, 0) is 0 Å². The third-order valence-corrected chi connectivity index (χ3v) is 1.39. The van der Waals surface area contributed by atoms with Gasteiger partial charge in [0, 0.05) is 6.21 Å². The van der Waals surface area contributed by atoms with Crippen LogP contribution in [0.3, 0.4) is 0 Å². The summed E-state index contributed by atoms with van der Waals surface area (Å²) >= 11 is 1.61. The predicted molar refractivity (Wildman–Crippen MR) is 46.0 cm³/mol. The first-order chi connectivity index (χ1) is 4.35. The maximum atomic E-state index is 4.06. The summed E-state index contributed by atoms with van der Waals surface area (Å²) in [6.07, 6.45) is 7.37. The number of nitrogens with zero attached hydrogens (tertiary/aromatic N) is 1. The molecule has 0 heterocycles. The summed E-state index contributed by atoms with van der Waals surface area (Å²) in [6.45, 7) is 5.46. The van der Waals surface area contributed by atoms with Gasteiger partial charge in [-0.2, -0.15) is 0 Å². The minimum absolute atomic E-state index is 0.993. The van der Waals surface area contributed by atoms with Crippen molar-refractivity contribution in [1.82, 2.24) is 0 Å². The highest BCUT2D eigenvalue weighted by Gasteiger charge is 1.82. The molecule has 0 unspecified atom stereocenters. The molecule has 0 aliphatic heterocycles. The van der Waals surface area contributed by atoms with Gasteiger partial charge < -0.3 is 0 Å². The molecule has 0 bridgehead atoms. The molecular weight excluding hydrogens is 130 g/mol. The van der Waals surface area contributed by atoms with Crippen LogP contribution in [-0.4, -0.2) is 12.5 Å². The van der Waals surface area contributed by atoms with E-state index in [4.69, 9.17) is 0 Å². The molecule has 0 radical (unpaired) electrons. The van der Waals surface area contributed by atoms with E-state index in [9.17, 15) is 0 Å². The van der Waals surface area contributed by atoms with Crippen molar-refractivity contribution in [1.29, 1.82) is 0 Å². The summed E-state index contributed by atoms with van der Waals surface area (Å²) in [6, 6.07) is 0. The quantitative estimate of drug-likeness (QED) is 0.434. The molecule has 0 atom stereocenters. The number of hydrogen-bond acceptors (Lipinski definition) is 2. The molecular formula is C7H11NS. The minimum atomic E-state index is 0.993. The van der Waals surface area contributed by atoms with Gasteiger partial charge in [-0.25, -0.2) is 0 Å². The van der Waals surface area contributed by atoms with Gasteiger partial charge >= 0.3 is 0 Å². The third-order valence-electron chi connectivity index (χ3n) is 0.726. The van der Waals surface area contributed by atoms with E-state index in [1.807, 2.05) is 19.3 Å². The Kier molecular flexibility index (Phi) is 5.32. The standard InChI is InChI=1S/C7H11NS/c1-4-6-7(9-3)8-5-2/h4-6H,1H2,2-3H3/b7-6+,8-5?. The predicted octanol–water partition coefficient (Wildman–Crippen LogP) is 2.47. The highest BCUT2D eigenvalue weighted by atomic mass is 32.2. The van der Waals surface area contributed by atoms with Gasteiger partial charge in [-0.15, -0.1) is 11.8 Å². The van der Waals surface area contributed by atoms with Crippen LogP contribution in [0.5, 0.6) is 0 Å². The van der Waals surface area contributed by atoms with Crippen LogP contribution in [0, 0.1) is 0 Å². The average molecular weight is 141 g/mol. The Morgan fingerprint density at radius 1 is 1.67 bits per heavy atom. The lowest BCUT2D eigenvalue weighted by Gasteiger charge is -1.89. The topological polar surface area (TPSA) is 12.4 Å². The Bertz CT molecular complexity index is 136. The zero-order valence-electron chi connectivity index (χ0n) is 5.79. The van der Waals surface area contributed by atoms with Gasteiger partial charge in [0.1, 0.15) is 0 Å². The molecule has 0 N–H and O–H groups in total. The molecule has 2 heteroatoms. The second kappa shape index (κ2) is 5.63. The molecule has 0 aromatic rings. The van der Waals surface area contributed by atoms with Gasteiger partial charge in [0.05, 0.1) is 5.03 Å². The summed E-state index contributed by atoms with van der Waals surface area (Å²) < 4.78 is 0. The van der Waals surface area contributed by atoms with Crippen LogP contribution in [0.15, 0.2) is 28.8 Å². The van der Waals surface area contributed by atoms with Crippen LogP contribution < -0.4 is 0 Å². The van der Waals surface area contributed by atoms with Crippen LogP contribution in [0.4, 0.5) is 0 Å². The molecule has 0 rings (SSSR count). The van der Waals surface area contributed by atoms with Crippen molar-refractivity contribution < 1.29 is 0 Å². The van der Waals surface area contributed by atoms with Crippen molar-refractivity contribution in [3.63, 3.8) is 0 Å². The Morgan fingerprint density at radius 3 is 2.67 bits per heavy atom. The highest BCUT2D eigenvalue weighted by molar-refractivity contribution is 8.02. The number of allylic oxidation sites excluding steroid dienone is 2. The van der Waals surface area contributed by atoms with Crippen molar-refractivity contribution in [2.24, 2.45) is 4.99 Å². The molecule has 0 aromatic heterocycles. The first kappa shape index (κ1) is 8.50. The van der Waals surface area contributed by atoms with Gasteiger partial charge in [-0.1, -0.05) is 12.7 Å². The van der Waals surface area contributed by atoms with Gasteiger partial charge in [-0.05, 0) is 19.3 Å². The van der Waals surface area contributed by atoms with Crippen LogP contribution >= 0.6 is 11.8 Å². The Hall–Kier alpha value is -0.500. The van der Waals surface area contributed by atoms with E-state index in [0.717, 1.165) is 5.03 Å². The maximum absolute atomic E-state index is 4.06. The molecule has 0 saturated heterocycles. The molecule has 0 amide bonds. The number of rotatable bonds is 3. The van der Waals surface area contributed by atoms with Crippen molar-refractivity contribution in [2.75, 3.05) is 6.26 Å². The lowest BCUT2D eigenvalue weighted by Crippen LogP contribution is -1.67. The van der Waals surface area contributed by atoms with Crippen LogP contribution in [0.25, 0.3) is 0 Å². The second-order valence-corrected chi connectivity index (χ2v) is 2.16. The monoisotopic (exact) mass is 141 g/mol. The van der Waals surface area contributed by atoms with Gasteiger partial charge in [-0.3, -0.25) is 4.99 Å². The van der Waals surface area contributed by atoms with E-state index in [2.05, 4.69) is 11.6 Å². The van der Waals surface area contributed by atoms with Crippen molar-refractivity contribution in [3.8, 4) is 0 Å². The van der Waals surface area contributed by atoms with Crippen molar-refractivity contribution in [3.05, 3.63) is 23.8 Å². The van der Waals surface area contributed by atoms with E-state index in [1.165, 1.54) is 0 Å². The summed E-state index contributed by atoms with van der Waals surface area (Å²) in [7, 11) is 0. The maximum Gasteiger partial charge on any atom is 0.0952 e. The molecule has 0 saturated carbocycles. The highest BCUT2D eigenvalue weighted by Crippen LogP contribution is 2.11. The molecule has 0 aliphatic carbocycles. The lowest BCUT2D eigenvalue weighted by atomic mass is 10.6. The summed E-state index contributed by atoms with van der Waals surface area (Å²) in [5.74, 6) is 0. The summed E-state index contributed by atoms with van der Waals surface area (Å²) in [5.41, 5.74) is 0. The number of thioether (sulfide) groups is 1. The smallest absolute Gasteiger partial charge is 0.0952 e. The fraction of sp³-hybridized carbons (Fsp3) is 0.286. The molecule has 50 valence electrons. The average Bonchev–Trinajstić information content (AvgIpc) is 1.88. The first-order valence-corrected chi connectivity index (χ1v) is 3.93. The van der Waals surface area contributed by atoms with Crippen molar-refractivity contribution in [2.45, 2.75) is 6.92 Å². The Morgan fingerprint density at radius 2 is 2.33 bits per heavy atom. The minimum Gasteiger partial charge on any atom is -0.255 e. The Balaban J connectivity index is 3.96. The lowest BCUT2D eigenvalue weighted by molar-refractivity contribution is 1.53. The van der Waals surface area contributed by atoms with E-state index in [-0.39, 0.29) is 0 Å². The van der Waals surface area contributed by atoms with E-state index >= 15 is 0 Å². The molecule has 0 fully saturated rings. The van der Waals surface area contributed by atoms with Gasteiger partial charge in [0.25, 0.3) is 0 Å². The van der Waals surface area contributed by atoms with Gasteiger partial charge in [0.15, 0.2) is 0 Å². The van der Waals surface area contributed by atoms with E-state index in [1.54, 1.807) is 24.1 Å². The van der Waals surface area contributed by atoms with Crippen LogP contribution in [0.2, 0.25) is 0 Å².